The average molecular weight is 329 g/mol. The molecule has 1 saturated carbocycles. The minimum absolute atomic E-state index is 0.0657. The normalized spacial score (nSPS) is 20.8. The Morgan fingerprint density at radius 2 is 2.33 bits per heavy atom. The van der Waals surface area contributed by atoms with Crippen molar-refractivity contribution in [2.75, 3.05) is 13.1 Å². The third-order valence-corrected chi connectivity index (χ3v) is 4.72. The van der Waals surface area contributed by atoms with Crippen molar-refractivity contribution in [3.05, 3.63) is 35.5 Å². The summed E-state index contributed by atoms with van der Waals surface area (Å²) in [7, 11) is 0. The first-order chi connectivity index (χ1) is 11.7. The number of carbonyl (C=O) groups excluding carboxylic acids is 1. The lowest BCUT2D eigenvalue weighted by Gasteiger charge is -2.33. The first-order valence-corrected chi connectivity index (χ1v) is 8.61. The molecule has 1 fully saturated rings. The van der Waals surface area contributed by atoms with Crippen molar-refractivity contribution in [1.82, 2.24) is 25.2 Å². The smallest absolute Gasteiger partial charge is 0.222 e. The Balaban J connectivity index is 1.41. The molecule has 1 aliphatic carbocycles. The largest absolute Gasteiger partial charge is 0.361 e. The van der Waals surface area contributed by atoms with E-state index in [2.05, 4.69) is 20.5 Å². The highest BCUT2D eigenvalue weighted by Gasteiger charge is 2.28. The lowest BCUT2D eigenvalue weighted by molar-refractivity contribution is -0.122. The van der Waals surface area contributed by atoms with E-state index in [-0.39, 0.29) is 11.9 Å². The molecule has 4 rings (SSSR count). The van der Waals surface area contributed by atoms with Gasteiger partial charge in [0.1, 0.15) is 5.76 Å². The molecule has 3 heterocycles. The lowest BCUT2D eigenvalue weighted by Crippen LogP contribution is -2.40. The molecule has 2 aromatic rings. The van der Waals surface area contributed by atoms with Gasteiger partial charge < -0.3 is 9.84 Å². The second kappa shape index (κ2) is 6.39. The second-order valence-corrected chi connectivity index (χ2v) is 6.97. The fourth-order valence-corrected chi connectivity index (χ4v) is 3.32. The fourth-order valence-electron chi connectivity index (χ4n) is 3.32. The van der Waals surface area contributed by atoms with E-state index in [1.54, 1.807) is 0 Å². The molecule has 0 unspecified atom stereocenters. The van der Waals surface area contributed by atoms with Gasteiger partial charge in [-0.25, -0.2) is 0 Å². The van der Waals surface area contributed by atoms with Crippen molar-refractivity contribution in [3.8, 4) is 0 Å². The third-order valence-electron chi connectivity index (χ3n) is 4.72. The number of fused-ring (bicyclic) bond motifs is 1. The maximum Gasteiger partial charge on any atom is 0.222 e. The van der Waals surface area contributed by atoms with Crippen molar-refractivity contribution in [3.63, 3.8) is 0 Å². The van der Waals surface area contributed by atoms with Gasteiger partial charge in [-0.3, -0.25) is 14.4 Å². The van der Waals surface area contributed by atoms with Crippen LogP contribution in [0.1, 0.15) is 42.5 Å². The number of nitrogens with zero attached hydrogens (tertiary/aromatic N) is 4. The summed E-state index contributed by atoms with van der Waals surface area (Å²) in [6.45, 7) is 5.04. The predicted octanol–water partition coefficient (Wildman–Crippen LogP) is 1.65. The summed E-state index contributed by atoms with van der Waals surface area (Å²) >= 11 is 0. The van der Waals surface area contributed by atoms with Gasteiger partial charge >= 0.3 is 0 Å². The highest BCUT2D eigenvalue weighted by molar-refractivity contribution is 5.76. The summed E-state index contributed by atoms with van der Waals surface area (Å²) in [5.74, 6) is 1.64. The molecule has 1 N–H and O–H groups in total. The average Bonchev–Trinajstić information content (AvgIpc) is 3.11. The van der Waals surface area contributed by atoms with Crippen LogP contribution in [-0.4, -0.2) is 38.8 Å². The Kier molecular flexibility index (Phi) is 4.10. The molecule has 7 nitrogen and oxygen atoms in total. The molecule has 7 heteroatoms. The Labute approximate surface area is 141 Å². The SMILES string of the molecule is Cc1cc(CN2Cc3ccnn3[C@H](CC(=O)NCC3CC3)C2)no1. The molecule has 2 aliphatic rings. The number of hydrogen-bond donors (Lipinski definition) is 1. The maximum absolute atomic E-state index is 12.2. The van der Waals surface area contributed by atoms with Crippen LogP contribution in [0.2, 0.25) is 0 Å². The minimum Gasteiger partial charge on any atom is -0.361 e. The molecule has 128 valence electrons. The molecular formula is C17H23N5O2. The molecule has 1 amide bonds. The van der Waals surface area contributed by atoms with E-state index in [1.165, 1.54) is 12.8 Å². The van der Waals surface area contributed by atoms with Gasteiger partial charge in [-0.15, -0.1) is 0 Å². The van der Waals surface area contributed by atoms with Crippen LogP contribution in [0.5, 0.6) is 0 Å². The van der Waals surface area contributed by atoms with E-state index in [9.17, 15) is 4.79 Å². The topological polar surface area (TPSA) is 76.2 Å². The van der Waals surface area contributed by atoms with Gasteiger partial charge in [0.15, 0.2) is 0 Å². The van der Waals surface area contributed by atoms with Gasteiger partial charge in [0.05, 0.1) is 23.9 Å². The Bertz CT molecular complexity index is 718. The summed E-state index contributed by atoms with van der Waals surface area (Å²) in [4.78, 5) is 14.5. The van der Waals surface area contributed by atoms with Crippen LogP contribution in [0.25, 0.3) is 0 Å². The summed E-state index contributed by atoms with van der Waals surface area (Å²) in [6, 6.07) is 4.05. The van der Waals surface area contributed by atoms with Crippen molar-refractivity contribution in [1.29, 1.82) is 0 Å². The van der Waals surface area contributed by atoms with Crippen LogP contribution in [0.15, 0.2) is 22.9 Å². The molecule has 0 aromatic carbocycles. The number of aryl methyl sites for hydroxylation is 1. The molecule has 0 spiro atoms. The Hall–Kier alpha value is -2.15. The second-order valence-electron chi connectivity index (χ2n) is 6.97. The summed E-state index contributed by atoms with van der Waals surface area (Å²) in [5, 5.41) is 11.6. The molecular weight excluding hydrogens is 306 g/mol. The summed E-state index contributed by atoms with van der Waals surface area (Å²) in [5.41, 5.74) is 2.07. The van der Waals surface area contributed by atoms with E-state index >= 15 is 0 Å². The molecule has 1 atom stereocenters. The third kappa shape index (κ3) is 3.51. The van der Waals surface area contributed by atoms with Gasteiger partial charge in [-0.2, -0.15) is 5.10 Å². The van der Waals surface area contributed by atoms with Crippen molar-refractivity contribution in [2.24, 2.45) is 5.92 Å². The standard InChI is InChI=1S/C17H23N5O2/c1-12-6-14(20-24-12)9-21-10-15-4-5-19-22(15)16(11-21)7-17(23)18-8-13-2-3-13/h4-6,13,16H,2-3,7-11H2,1H3,(H,18,23)/t16-/m1/s1. The number of amides is 1. The zero-order valence-corrected chi connectivity index (χ0v) is 13.9. The summed E-state index contributed by atoms with van der Waals surface area (Å²) < 4.78 is 7.16. The van der Waals surface area contributed by atoms with Crippen LogP contribution < -0.4 is 5.32 Å². The van der Waals surface area contributed by atoms with E-state index in [0.29, 0.717) is 12.3 Å². The minimum atomic E-state index is 0.0657. The zero-order valence-electron chi connectivity index (χ0n) is 13.9. The van der Waals surface area contributed by atoms with E-state index < -0.39 is 0 Å². The number of rotatable bonds is 6. The first kappa shape index (κ1) is 15.4. The van der Waals surface area contributed by atoms with Crippen LogP contribution in [0.3, 0.4) is 0 Å². The Morgan fingerprint density at radius 3 is 3.08 bits per heavy atom. The van der Waals surface area contributed by atoms with Crippen molar-refractivity contribution in [2.45, 2.75) is 45.3 Å². The fraction of sp³-hybridized carbons (Fsp3) is 0.588. The molecule has 2 aromatic heterocycles. The van der Waals surface area contributed by atoms with Crippen LogP contribution in [0.4, 0.5) is 0 Å². The van der Waals surface area contributed by atoms with Crippen LogP contribution in [-0.2, 0) is 17.9 Å². The number of nitrogens with one attached hydrogen (secondary N) is 1. The Morgan fingerprint density at radius 1 is 1.46 bits per heavy atom. The quantitative estimate of drug-likeness (QED) is 0.872. The van der Waals surface area contributed by atoms with E-state index in [4.69, 9.17) is 4.52 Å². The van der Waals surface area contributed by atoms with E-state index in [0.717, 1.165) is 43.3 Å². The molecule has 1 aliphatic heterocycles. The van der Waals surface area contributed by atoms with E-state index in [1.807, 2.05) is 29.9 Å². The van der Waals surface area contributed by atoms with Crippen LogP contribution in [0, 0.1) is 12.8 Å². The van der Waals surface area contributed by atoms with Gasteiger partial charge in [0.2, 0.25) is 5.91 Å². The predicted molar refractivity (Wildman–Crippen MR) is 87.0 cm³/mol. The van der Waals surface area contributed by atoms with Crippen molar-refractivity contribution >= 4 is 5.91 Å². The number of carbonyl (C=O) groups is 1. The highest BCUT2D eigenvalue weighted by Crippen LogP contribution is 2.28. The molecule has 0 bridgehead atoms. The summed E-state index contributed by atoms with van der Waals surface area (Å²) in [6.07, 6.45) is 4.78. The maximum atomic E-state index is 12.2. The molecule has 0 radical (unpaired) electrons. The number of aromatic nitrogens is 3. The molecule has 0 saturated heterocycles. The lowest BCUT2D eigenvalue weighted by atomic mass is 10.1. The molecule has 24 heavy (non-hydrogen) atoms. The van der Waals surface area contributed by atoms with Gasteiger partial charge in [0, 0.05) is 38.4 Å². The highest BCUT2D eigenvalue weighted by atomic mass is 16.5. The van der Waals surface area contributed by atoms with Crippen molar-refractivity contribution < 1.29 is 9.32 Å². The number of hydrogen-bond acceptors (Lipinski definition) is 5. The van der Waals surface area contributed by atoms with Gasteiger partial charge in [0.25, 0.3) is 0 Å². The first-order valence-electron chi connectivity index (χ1n) is 8.61. The zero-order chi connectivity index (χ0) is 16.5. The monoisotopic (exact) mass is 329 g/mol. The van der Waals surface area contributed by atoms with Gasteiger partial charge in [-0.1, -0.05) is 5.16 Å². The van der Waals surface area contributed by atoms with Crippen LogP contribution >= 0.6 is 0 Å². The van der Waals surface area contributed by atoms with Gasteiger partial charge in [-0.05, 0) is 31.7 Å².